The minimum Gasteiger partial charge on any atom is -0.436 e. The predicted molar refractivity (Wildman–Crippen MR) is 113 cm³/mol. The van der Waals surface area contributed by atoms with E-state index in [0.717, 1.165) is 11.1 Å². The van der Waals surface area contributed by atoms with Crippen molar-refractivity contribution in [3.05, 3.63) is 83.4 Å². The van der Waals surface area contributed by atoms with Gasteiger partial charge in [0.2, 0.25) is 5.89 Å². The SMILES string of the molecule is Cc1cccc(C(=O)Nc2ccc3oc(-c4ccc(C(C)C)cc4)nc3c2)c1. The van der Waals surface area contributed by atoms with Gasteiger partial charge in [-0.05, 0) is 60.9 Å². The lowest BCUT2D eigenvalue weighted by molar-refractivity contribution is 0.102. The van der Waals surface area contributed by atoms with Crippen molar-refractivity contribution in [3.63, 3.8) is 0 Å². The molecule has 1 aromatic heterocycles. The molecule has 0 unspecified atom stereocenters. The van der Waals surface area contributed by atoms with Gasteiger partial charge in [0.1, 0.15) is 5.52 Å². The molecule has 0 saturated carbocycles. The van der Waals surface area contributed by atoms with Gasteiger partial charge in [0.15, 0.2) is 5.58 Å². The molecule has 0 atom stereocenters. The highest BCUT2D eigenvalue weighted by atomic mass is 16.3. The number of nitrogens with zero attached hydrogens (tertiary/aromatic N) is 1. The lowest BCUT2D eigenvalue weighted by atomic mass is 10.0. The Morgan fingerprint density at radius 3 is 2.50 bits per heavy atom. The average Bonchev–Trinajstić information content (AvgIpc) is 3.11. The monoisotopic (exact) mass is 370 g/mol. The van der Waals surface area contributed by atoms with Crippen molar-refractivity contribution in [2.45, 2.75) is 26.7 Å². The quantitative estimate of drug-likeness (QED) is 0.467. The first-order chi connectivity index (χ1) is 13.5. The number of amides is 1. The maximum atomic E-state index is 12.5. The number of hydrogen-bond donors (Lipinski definition) is 1. The molecule has 0 saturated heterocycles. The van der Waals surface area contributed by atoms with Crippen molar-refractivity contribution in [1.82, 2.24) is 4.98 Å². The molecular weight excluding hydrogens is 348 g/mol. The summed E-state index contributed by atoms with van der Waals surface area (Å²) in [5, 5.41) is 2.93. The van der Waals surface area contributed by atoms with Crippen molar-refractivity contribution >= 4 is 22.7 Å². The van der Waals surface area contributed by atoms with Crippen LogP contribution < -0.4 is 5.32 Å². The summed E-state index contributed by atoms with van der Waals surface area (Å²) < 4.78 is 5.89. The van der Waals surface area contributed by atoms with E-state index in [4.69, 9.17) is 4.42 Å². The number of oxazole rings is 1. The van der Waals surface area contributed by atoms with Crippen LogP contribution in [0, 0.1) is 6.92 Å². The largest absolute Gasteiger partial charge is 0.436 e. The number of benzene rings is 3. The van der Waals surface area contributed by atoms with Crippen LogP contribution in [0.3, 0.4) is 0 Å². The topological polar surface area (TPSA) is 55.1 Å². The summed E-state index contributed by atoms with van der Waals surface area (Å²) in [6.07, 6.45) is 0. The van der Waals surface area contributed by atoms with Gasteiger partial charge >= 0.3 is 0 Å². The Kier molecular flexibility index (Phi) is 4.70. The van der Waals surface area contributed by atoms with Gasteiger partial charge in [0.05, 0.1) is 0 Å². The molecule has 1 heterocycles. The van der Waals surface area contributed by atoms with Crippen LogP contribution in [0.4, 0.5) is 5.69 Å². The highest BCUT2D eigenvalue weighted by Gasteiger charge is 2.11. The molecule has 1 amide bonds. The molecule has 0 fully saturated rings. The molecule has 0 aliphatic rings. The van der Waals surface area contributed by atoms with E-state index in [9.17, 15) is 4.79 Å². The first kappa shape index (κ1) is 18.0. The van der Waals surface area contributed by atoms with E-state index < -0.39 is 0 Å². The summed E-state index contributed by atoms with van der Waals surface area (Å²) in [6.45, 7) is 6.30. The minimum atomic E-state index is -0.143. The zero-order valence-electron chi connectivity index (χ0n) is 16.2. The van der Waals surface area contributed by atoms with Gasteiger partial charge in [0, 0.05) is 16.8 Å². The maximum absolute atomic E-state index is 12.5. The second-order valence-corrected chi connectivity index (χ2v) is 7.30. The molecule has 4 aromatic rings. The zero-order chi connectivity index (χ0) is 19.7. The standard InChI is InChI=1S/C24H22N2O2/c1-15(2)17-7-9-18(10-8-17)24-26-21-14-20(11-12-22(21)28-24)25-23(27)19-6-4-5-16(3)13-19/h4-15H,1-3H3,(H,25,27). The third-order valence-electron chi connectivity index (χ3n) is 4.75. The molecule has 0 spiro atoms. The van der Waals surface area contributed by atoms with Gasteiger partial charge in [-0.2, -0.15) is 0 Å². The lowest BCUT2D eigenvalue weighted by Gasteiger charge is -2.05. The highest BCUT2D eigenvalue weighted by molar-refractivity contribution is 6.05. The normalized spacial score (nSPS) is 11.1. The number of fused-ring (bicyclic) bond motifs is 1. The van der Waals surface area contributed by atoms with Gasteiger partial charge in [-0.3, -0.25) is 4.79 Å². The molecule has 4 rings (SSSR count). The third-order valence-corrected chi connectivity index (χ3v) is 4.75. The number of aromatic nitrogens is 1. The van der Waals surface area contributed by atoms with Gasteiger partial charge in [0.25, 0.3) is 5.91 Å². The van der Waals surface area contributed by atoms with E-state index in [2.05, 4.69) is 36.3 Å². The Labute approximate surface area is 164 Å². The van der Waals surface area contributed by atoms with Crippen LogP contribution in [0.5, 0.6) is 0 Å². The van der Waals surface area contributed by atoms with Crippen LogP contribution in [-0.4, -0.2) is 10.9 Å². The molecule has 0 radical (unpaired) electrons. The molecule has 140 valence electrons. The van der Waals surface area contributed by atoms with Crippen LogP contribution in [0.1, 0.15) is 41.3 Å². The number of carbonyl (C=O) groups excluding carboxylic acids is 1. The van der Waals surface area contributed by atoms with Crippen molar-refractivity contribution in [2.24, 2.45) is 0 Å². The van der Waals surface area contributed by atoms with Crippen molar-refractivity contribution in [2.75, 3.05) is 5.32 Å². The Balaban J connectivity index is 1.58. The van der Waals surface area contributed by atoms with Crippen LogP contribution >= 0.6 is 0 Å². The van der Waals surface area contributed by atoms with Gasteiger partial charge < -0.3 is 9.73 Å². The fourth-order valence-corrected chi connectivity index (χ4v) is 3.13. The molecule has 0 bridgehead atoms. The molecule has 4 heteroatoms. The summed E-state index contributed by atoms with van der Waals surface area (Å²) in [6, 6.07) is 21.3. The first-order valence-electron chi connectivity index (χ1n) is 9.38. The summed E-state index contributed by atoms with van der Waals surface area (Å²) >= 11 is 0. The number of carbonyl (C=O) groups is 1. The molecule has 1 N–H and O–H groups in total. The number of rotatable bonds is 4. The van der Waals surface area contributed by atoms with E-state index >= 15 is 0 Å². The summed E-state index contributed by atoms with van der Waals surface area (Å²) in [4.78, 5) is 17.1. The Morgan fingerprint density at radius 1 is 1.00 bits per heavy atom. The van der Waals surface area contributed by atoms with Crippen LogP contribution in [0.2, 0.25) is 0 Å². The van der Waals surface area contributed by atoms with E-state index in [1.165, 1.54) is 5.56 Å². The van der Waals surface area contributed by atoms with Gasteiger partial charge in [-0.1, -0.05) is 43.7 Å². The number of nitrogens with one attached hydrogen (secondary N) is 1. The summed E-state index contributed by atoms with van der Waals surface area (Å²) in [5.41, 5.74) is 5.99. The molecule has 0 aliphatic heterocycles. The van der Waals surface area contributed by atoms with E-state index in [0.29, 0.717) is 34.2 Å². The Bertz CT molecular complexity index is 1140. The molecular formula is C24H22N2O2. The van der Waals surface area contributed by atoms with Crippen molar-refractivity contribution < 1.29 is 9.21 Å². The lowest BCUT2D eigenvalue weighted by Crippen LogP contribution is -2.11. The summed E-state index contributed by atoms with van der Waals surface area (Å²) in [5.74, 6) is 0.917. The zero-order valence-corrected chi connectivity index (χ0v) is 16.2. The van der Waals surface area contributed by atoms with Crippen LogP contribution in [0.15, 0.2) is 71.1 Å². The van der Waals surface area contributed by atoms with Gasteiger partial charge in [-0.25, -0.2) is 4.98 Å². The van der Waals surface area contributed by atoms with Crippen LogP contribution in [-0.2, 0) is 0 Å². The van der Waals surface area contributed by atoms with Crippen LogP contribution in [0.25, 0.3) is 22.6 Å². The fourth-order valence-electron chi connectivity index (χ4n) is 3.13. The number of hydrogen-bond acceptors (Lipinski definition) is 3. The summed E-state index contributed by atoms with van der Waals surface area (Å²) in [7, 11) is 0. The second kappa shape index (κ2) is 7.31. The first-order valence-corrected chi connectivity index (χ1v) is 9.38. The third kappa shape index (κ3) is 3.67. The molecule has 3 aromatic carbocycles. The van der Waals surface area contributed by atoms with Gasteiger partial charge in [-0.15, -0.1) is 0 Å². The molecule has 28 heavy (non-hydrogen) atoms. The molecule has 4 nitrogen and oxygen atoms in total. The Morgan fingerprint density at radius 2 is 1.79 bits per heavy atom. The van der Waals surface area contributed by atoms with Crippen molar-refractivity contribution in [3.8, 4) is 11.5 Å². The predicted octanol–water partition coefficient (Wildman–Crippen LogP) is 6.18. The fraction of sp³-hybridized carbons (Fsp3) is 0.167. The number of anilines is 1. The Hall–Kier alpha value is -3.40. The number of aryl methyl sites for hydroxylation is 1. The minimum absolute atomic E-state index is 0.143. The average molecular weight is 370 g/mol. The van der Waals surface area contributed by atoms with E-state index in [1.807, 2.05) is 55.5 Å². The highest BCUT2D eigenvalue weighted by Crippen LogP contribution is 2.27. The van der Waals surface area contributed by atoms with Crippen molar-refractivity contribution in [1.29, 1.82) is 0 Å². The van der Waals surface area contributed by atoms with E-state index in [1.54, 1.807) is 6.07 Å². The maximum Gasteiger partial charge on any atom is 0.255 e. The smallest absolute Gasteiger partial charge is 0.255 e. The molecule has 0 aliphatic carbocycles. The van der Waals surface area contributed by atoms with E-state index in [-0.39, 0.29) is 5.91 Å². The second-order valence-electron chi connectivity index (χ2n) is 7.30.